The lowest BCUT2D eigenvalue weighted by atomic mass is 9.92. The molecule has 0 aromatic rings. The van der Waals surface area contributed by atoms with Crippen molar-refractivity contribution in [2.45, 2.75) is 44.7 Å². The molecule has 4 heteroatoms. The first kappa shape index (κ1) is 10.9. The van der Waals surface area contributed by atoms with Gasteiger partial charge in [-0.1, -0.05) is 13.8 Å². The second-order valence-corrected chi connectivity index (χ2v) is 3.93. The maximum absolute atomic E-state index is 9.46. The van der Waals surface area contributed by atoms with Gasteiger partial charge in [-0.2, -0.15) is 0 Å². The summed E-state index contributed by atoms with van der Waals surface area (Å²) in [5.74, 6) is 0.288. The van der Waals surface area contributed by atoms with E-state index in [1.807, 2.05) is 13.8 Å². The summed E-state index contributed by atoms with van der Waals surface area (Å²) in [6.45, 7) is 3.73. The summed E-state index contributed by atoms with van der Waals surface area (Å²) >= 11 is 0. The Labute approximate surface area is 78.1 Å². The molecule has 0 saturated carbocycles. The Morgan fingerprint density at radius 1 is 1.38 bits per heavy atom. The largest absolute Gasteiger partial charge is 0.394 e. The van der Waals surface area contributed by atoms with E-state index in [0.717, 1.165) is 0 Å². The lowest BCUT2D eigenvalue weighted by Gasteiger charge is -2.38. The van der Waals surface area contributed by atoms with Crippen LogP contribution in [0.15, 0.2) is 0 Å². The average Bonchev–Trinajstić information content (AvgIpc) is 2.09. The van der Waals surface area contributed by atoms with Crippen LogP contribution in [0.1, 0.15) is 20.3 Å². The first-order chi connectivity index (χ1) is 6.06. The molecule has 13 heavy (non-hydrogen) atoms. The minimum absolute atomic E-state index is 0.0736. The molecule has 0 aromatic carbocycles. The van der Waals surface area contributed by atoms with E-state index in [4.69, 9.17) is 9.84 Å². The molecule has 2 unspecified atom stereocenters. The van der Waals surface area contributed by atoms with E-state index in [9.17, 15) is 10.2 Å². The van der Waals surface area contributed by atoms with Crippen molar-refractivity contribution >= 4 is 0 Å². The highest BCUT2D eigenvalue weighted by Crippen LogP contribution is 2.24. The molecule has 1 aliphatic rings. The smallest absolute Gasteiger partial charge is 0.109 e. The first-order valence-corrected chi connectivity index (χ1v) is 4.68. The van der Waals surface area contributed by atoms with Crippen molar-refractivity contribution in [2.24, 2.45) is 5.92 Å². The maximum Gasteiger partial charge on any atom is 0.109 e. The number of rotatable bonds is 2. The fraction of sp³-hybridized carbons (Fsp3) is 1.00. The van der Waals surface area contributed by atoms with E-state index in [1.54, 1.807) is 0 Å². The van der Waals surface area contributed by atoms with Crippen molar-refractivity contribution in [2.75, 3.05) is 6.61 Å². The maximum atomic E-state index is 9.46. The molecule has 1 heterocycles. The Hall–Kier alpha value is -0.160. The molecule has 0 aliphatic carbocycles. The molecular weight excluding hydrogens is 172 g/mol. The predicted octanol–water partition coefficient (Wildman–Crippen LogP) is -0.486. The molecule has 1 saturated heterocycles. The average molecular weight is 190 g/mol. The van der Waals surface area contributed by atoms with Crippen molar-refractivity contribution < 1.29 is 20.1 Å². The Balaban J connectivity index is 2.58. The van der Waals surface area contributed by atoms with E-state index < -0.39 is 18.3 Å². The topological polar surface area (TPSA) is 69.9 Å². The molecule has 78 valence electrons. The SMILES string of the molecule is CC(C)C1C[C@@H](O)[C@@H](O)C(CO)O1. The van der Waals surface area contributed by atoms with E-state index in [2.05, 4.69) is 0 Å². The van der Waals surface area contributed by atoms with E-state index >= 15 is 0 Å². The summed E-state index contributed by atoms with van der Waals surface area (Å²) in [5.41, 5.74) is 0. The van der Waals surface area contributed by atoms with Gasteiger partial charge in [-0.15, -0.1) is 0 Å². The van der Waals surface area contributed by atoms with Gasteiger partial charge >= 0.3 is 0 Å². The van der Waals surface area contributed by atoms with Crippen LogP contribution in [0.2, 0.25) is 0 Å². The fourth-order valence-electron chi connectivity index (χ4n) is 1.57. The van der Waals surface area contributed by atoms with Crippen molar-refractivity contribution in [1.29, 1.82) is 0 Å². The molecule has 0 spiro atoms. The van der Waals surface area contributed by atoms with Crippen LogP contribution in [0, 0.1) is 5.92 Å². The summed E-state index contributed by atoms with van der Waals surface area (Å²) in [6.07, 6.45) is -2.01. The Morgan fingerprint density at radius 3 is 2.46 bits per heavy atom. The molecule has 3 N–H and O–H groups in total. The molecule has 1 rings (SSSR count). The summed E-state index contributed by atoms with van der Waals surface area (Å²) in [6, 6.07) is 0. The zero-order valence-corrected chi connectivity index (χ0v) is 8.05. The van der Waals surface area contributed by atoms with Gasteiger partial charge in [0.1, 0.15) is 12.2 Å². The van der Waals surface area contributed by atoms with Gasteiger partial charge in [0.25, 0.3) is 0 Å². The Kier molecular flexibility index (Phi) is 3.67. The van der Waals surface area contributed by atoms with Gasteiger partial charge in [-0.25, -0.2) is 0 Å². The minimum Gasteiger partial charge on any atom is -0.394 e. The van der Waals surface area contributed by atoms with Gasteiger partial charge in [0.05, 0.1) is 18.8 Å². The lowest BCUT2D eigenvalue weighted by Crippen LogP contribution is -2.51. The zero-order chi connectivity index (χ0) is 10.0. The highest BCUT2D eigenvalue weighted by atomic mass is 16.5. The number of hydrogen-bond donors (Lipinski definition) is 3. The monoisotopic (exact) mass is 190 g/mol. The summed E-state index contributed by atoms with van der Waals surface area (Å²) < 4.78 is 5.42. The van der Waals surface area contributed by atoms with Gasteiger partial charge in [0, 0.05) is 6.42 Å². The lowest BCUT2D eigenvalue weighted by molar-refractivity contribution is -0.189. The molecule has 1 aliphatic heterocycles. The number of aliphatic hydroxyl groups excluding tert-OH is 3. The van der Waals surface area contributed by atoms with Crippen LogP contribution in [0.4, 0.5) is 0 Å². The van der Waals surface area contributed by atoms with Crippen LogP contribution < -0.4 is 0 Å². The second kappa shape index (κ2) is 4.37. The van der Waals surface area contributed by atoms with Crippen molar-refractivity contribution in [1.82, 2.24) is 0 Å². The fourth-order valence-corrected chi connectivity index (χ4v) is 1.57. The van der Waals surface area contributed by atoms with E-state index in [-0.39, 0.29) is 18.6 Å². The van der Waals surface area contributed by atoms with E-state index in [1.165, 1.54) is 0 Å². The molecule has 0 radical (unpaired) electrons. The van der Waals surface area contributed by atoms with Crippen LogP contribution >= 0.6 is 0 Å². The molecule has 0 bridgehead atoms. The van der Waals surface area contributed by atoms with Gasteiger partial charge < -0.3 is 20.1 Å². The Bertz CT molecular complexity index is 160. The molecule has 1 fully saturated rings. The summed E-state index contributed by atoms with van der Waals surface area (Å²) in [7, 11) is 0. The predicted molar refractivity (Wildman–Crippen MR) is 47.2 cm³/mol. The van der Waals surface area contributed by atoms with Gasteiger partial charge in [-0.3, -0.25) is 0 Å². The van der Waals surface area contributed by atoms with Gasteiger partial charge in [0.2, 0.25) is 0 Å². The number of aliphatic hydroxyl groups is 3. The van der Waals surface area contributed by atoms with Crippen LogP contribution in [0.25, 0.3) is 0 Å². The van der Waals surface area contributed by atoms with Crippen molar-refractivity contribution in [3.63, 3.8) is 0 Å². The van der Waals surface area contributed by atoms with Crippen LogP contribution in [0.5, 0.6) is 0 Å². The quantitative estimate of drug-likeness (QED) is 0.550. The first-order valence-electron chi connectivity index (χ1n) is 4.68. The number of hydrogen-bond acceptors (Lipinski definition) is 4. The van der Waals surface area contributed by atoms with Crippen LogP contribution in [-0.4, -0.2) is 46.3 Å². The van der Waals surface area contributed by atoms with Gasteiger partial charge in [-0.05, 0) is 5.92 Å². The van der Waals surface area contributed by atoms with Crippen LogP contribution in [-0.2, 0) is 4.74 Å². The standard InChI is InChI=1S/C9H18O4/c1-5(2)7-3-6(11)9(12)8(4-10)13-7/h5-12H,3-4H2,1-2H3/t6-,7?,8?,9-/m1/s1. The van der Waals surface area contributed by atoms with Crippen molar-refractivity contribution in [3.05, 3.63) is 0 Å². The third-order valence-electron chi connectivity index (χ3n) is 2.52. The second-order valence-electron chi connectivity index (χ2n) is 3.93. The summed E-state index contributed by atoms with van der Waals surface area (Å²) in [4.78, 5) is 0. The summed E-state index contributed by atoms with van der Waals surface area (Å²) in [5, 5.41) is 27.7. The molecule has 4 nitrogen and oxygen atoms in total. The Morgan fingerprint density at radius 2 is 2.00 bits per heavy atom. The molecule has 0 amide bonds. The highest BCUT2D eigenvalue weighted by Gasteiger charge is 2.37. The third kappa shape index (κ3) is 2.40. The zero-order valence-electron chi connectivity index (χ0n) is 8.05. The molecule has 4 atom stereocenters. The van der Waals surface area contributed by atoms with Gasteiger partial charge in [0.15, 0.2) is 0 Å². The van der Waals surface area contributed by atoms with Crippen LogP contribution in [0.3, 0.4) is 0 Å². The molecule has 0 aromatic heterocycles. The highest BCUT2D eigenvalue weighted by molar-refractivity contribution is 4.85. The van der Waals surface area contributed by atoms with E-state index in [0.29, 0.717) is 6.42 Å². The molecular formula is C9H18O4. The van der Waals surface area contributed by atoms with Crippen molar-refractivity contribution in [3.8, 4) is 0 Å². The number of ether oxygens (including phenoxy) is 1. The minimum atomic E-state index is -0.958. The third-order valence-corrected chi connectivity index (χ3v) is 2.52. The normalized spacial score (nSPS) is 41.1.